The van der Waals surface area contributed by atoms with Crippen LogP contribution in [0.1, 0.15) is 13.3 Å². The van der Waals surface area contributed by atoms with Gasteiger partial charge in [-0.1, -0.05) is 0 Å². The lowest BCUT2D eigenvalue weighted by Gasteiger charge is -2.15. The minimum absolute atomic E-state index is 0.0274. The molecule has 0 saturated carbocycles. The van der Waals surface area contributed by atoms with Crippen molar-refractivity contribution >= 4 is 15.7 Å². The van der Waals surface area contributed by atoms with Crippen LogP contribution in [0.15, 0.2) is 23.2 Å². The first-order valence-corrected chi connectivity index (χ1v) is 6.86. The van der Waals surface area contributed by atoms with Crippen LogP contribution in [0.5, 0.6) is 0 Å². The Hall–Kier alpha value is -1.14. The molecule has 2 N–H and O–H groups in total. The molecule has 0 fully saturated rings. The quantitative estimate of drug-likeness (QED) is 0.795. The lowest BCUT2D eigenvalue weighted by Crippen LogP contribution is -2.19. The van der Waals surface area contributed by atoms with Crippen molar-refractivity contribution in [2.75, 3.05) is 18.2 Å². The van der Waals surface area contributed by atoms with Gasteiger partial charge in [0.2, 0.25) is 0 Å². The molecular weight excluding hydrogens is 228 g/mol. The number of pyridine rings is 1. The van der Waals surface area contributed by atoms with Crippen molar-refractivity contribution in [1.82, 2.24) is 4.98 Å². The Morgan fingerprint density at radius 2 is 2.25 bits per heavy atom. The summed E-state index contributed by atoms with van der Waals surface area (Å²) in [7, 11) is -3.28. The number of aromatic nitrogens is 1. The summed E-state index contributed by atoms with van der Waals surface area (Å²) >= 11 is 0. The van der Waals surface area contributed by atoms with Gasteiger partial charge in [0.1, 0.15) is 10.7 Å². The summed E-state index contributed by atoms with van der Waals surface area (Å²) in [6, 6.07) is 3.06. The summed E-state index contributed by atoms with van der Waals surface area (Å²) in [5.74, 6) is 0.339. The maximum Gasteiger partial charge on any atom is 0.179 e. The second-order valence-corrected chi connectivity index (χ2v) is 5.66. The molecule has 5 nitrogen and oxygen atoms in total. The first-order valence-electron chi connectivity index (χ1n) is 4.97. The topological polar surface area (TPSA) is 79.3 Å². The van der Waals surface area contributed by atoms with Gasteiger partial charge >= 0.3 is 0 Å². The third-order valence-electron chi connectivity index (χ3n) is 2.12. The van der Waals surface area contributed by atoms with E-state index in [0.29, 0.717) is 12.2 Å². The molecule has 0 aliphatic carbocycles. The normalized spacial score (nSPS) is 13.4. The summed E-state index contributed by atoms with van der Waals surface area (Å²) in [6.45, 7) is 1.91. The number of sulfone groups is 1. The summed E-state index contributed by atoms with van der Waals surface area (Å²) in [5, 5.41) is 11.7. The Balaban J connectivity index is 2.96. The van der Waals surface area contributed by atoms with Crippen molar-refractivity contribution in [3.05, 3.63) is 18.3 Å². The van der Waals surface area contributed by atoms with Crippen molar-refractivity contribution in [2.45, 2.75) is 24.3 Å². The SMILES string of the molecule is CC(CCO)Nc1ncccc1S(C)(=O)=O. The van der Waals surface area contributed by atoms with Crippen LogP contribution >= 0.6 is 0 Å². The molecule has 1 aromatic heterocycles. The van der Waals surface area contributed by atoms with Crippen molar-refractivity contribution in [2.24, 2.45) is 0 Å². The molecule has 90 valence electrons. The van der Waals surface area contributed by atoms with E-state index >= 15 is 0 Å². The molecule has 0 amide bonds. The first kappa shape index (κ1) is 12.9. The molecular formula is C10H16N2O3S. The zero-order valence-corrected chi connectivity index (χ0v) is 10.2. The molecule has 16 heavy (non-hydrogen) atoms. The highest BCUT2D eigenvalue weighted by atomic mass is 32.2. The molecule has 1 heterocycles. The molecule has 6 heteroatoms. The standard InChI is InChI=1S/C10H16N2O3S/c1-8(5-7-13)12-10-9(16(2,14)15)4-3-6-11-10/h3-4,6,8,13H,5,7H2,1-2H3,(H,11,12). The molecule has 0 aliphatic heterocycles. The van der Waals surface area contributed by atoms with Crippen LogP contribution < -0.4 is 5.32 Å². The second kappa shape index (κ2) is 5.27. The zero-order chi connectivity index (χ0) is 12.2. The Labute approximate surface area is 95.4 Å². The monoisotopic (exact) mass is 244 g/mol. The van der Waals surface area contributed by atoms with Gasteiger partial charge in [0, 0.05) is 25.1 Å². The van der Waals surface area contributed by atoms with Gasteiger partial charge in [0.25, 0.3) is 0 Å². The van der Waals surface area contributed by atoms with E-state index in [1.807, 2.05) is 6.92 Å². The average molecular weight is 244 g/mol. The predicted molar refractivity (Wildman–Crippen MR) is 62.1 cm³/mol. The Kier molecular flexibility index (Phi) is 4.26. The molecule has 0 radical (unpaired) electrons. The fourth-order valence-electron chi connectivity index (χ4n) is 1.30. The van der Waals surface area contributed by atoms with Crippen LogP contribution in [0, 0.1) is 0 Å². The van der Waals surface area contributed by atoms with E-state index in [-0.39, 0.29) is 17.5 Å². The molecule has 1 unspecified atom stereocenters. The lowest BCUT2D eigenvalue weighted by molar-refractivity contribution is 0.282. The van der Waals surface area contributed by atoms with Crippen LogP contribution in [-0.4, -0.2) is 37.4 Å². The number of hydrogen-bond donors (Lipinski definition) is 2. The third-order valence-corrected chi connectivity index (χ3v) is 3.24. The van der Waals surface area contributed by atoms with E-state index in [2.05, 4.69) is 10.3 Å². The van der Waals surface area contributed by atoms with Crippen molar-refractivity contribution in [1.29, 1.82) is 0 Å². The lowest BCUT2D eigenvalue weighted by atomic mass is 10.2. The molecule has 0 spiro atoms. The maximum atomic E-state index is 11.5. The van der Waals surface area contributed by atoms with E-state index in [1.165, 1.54) is 12.3 Å². The van der Waals surface area contributed by atoms with Gasteiger partial charge in [-0.2, -0.15) is 0 Å². The maximum absolute atomic E-state index is 11.5. The Bertz CT molecular complexity index is 445. The number of anilines is 1. The Morgan fingerprint density at radius 1 is 1.56 bits per heavy atom. The van der Waals surface area contributed by atoms with Gasteiger partial charge in [0.15, 0.2) is 9.84 Å². The van der Waals surface area contributed by atoms with Crippen LogP contribution in [0.2, 0.25) is 0 Å². The van der Waals surface area contributed by atoms with E-state index < -0.39 is 9.84 Å². The molecule has 0 saturated heterocycles. The fraction of sp³-hybridized carbons (Fsp3) is 0.500. The van der Waals surface area contributed by atoms with Gasteiger partial charge in [-0.25, -0.2) is 13.4 Å². The summed E-state index contributed by atoms with van der Waals surface area (Å²) < 4.78 is 22.9. The minimum atomic E-state index is -3.28. The molecule has 0 bridgehead atoms. The van der Waals surface area contributed by atoms with E-state index in [9.17, 15) is 8.42 Å². The van der Waals surface area contributed by atoms with Gasteiger partial charge in [-0.05, 0) is 25.5 Å². The highest BCUT2D eigenvalue weighted by Gasteiger charge is 2.15. The predicted octanol–water partition coefficient (Wildman–Crippen LogP) is 0.668. The van der Waals surface area contributed by atoms with Crippen molar-refractivity contribution in [3.63, 3.8) is 0 Å². The molecule has 1 atom stereocenters. The highest BCUT2D eigenvalue weighted by molar-refractivity contribution is 7.90. The van der Waals surface area contributed by atoms with Crippen molar-refractivity contribution < 1.29 is 13.5 Å². The number of rotatable bonds is 5. The molecule has 1 rings (SSSR count). The smallest absolute Gasteiger partial charge is 0.179 e. The minimum Gasteiger partial charge on any atom is -0.396 e. The largest absolute Gasteiger partial charge is 0.396 e. The van der Waals surface area contributed by atoms with E-state index in [4.69, 9.17) is 5.11 Å². The summed E-state index contributed by atoms with van der Waals surface area (Å²) in [6.07, 6.45) is 3.22. The second-order valence-electron chi connectivity index (χ2n) is 3.68. The van der Waals surface area contributed by atoms with Crippen molar-refractivity contribution in [3.8, 4) is 0 Å². The Morgan fingerprint density at radius 3 is 2.81 bits per heavy atom. The van der Waals surface area contributed by atoms with Crippen LogP contribution in [0.4, 0.5) is 5.82 Å². The molecule has 1 aromatic rings. The van der Waals surface area contributed by atoms with Gasteiger partial charge < -0.3 is 10.4 Å². The summed E-state index contributed by atoms with van der Waals surface area (Å²) in [5.41, 5.74) is 0. The molecule has 0 aromatic carbocycles. The number of nitrogens with zero attached hydrogens (tertiary/aromatic N) is 1. The zero-order valence-electron chi connectivity index (χ0n) is 9.34. The fourth-order valence-corrected chi connectivity index (χ4v) is 2.09. The van der Waals surface area contributed by atoms with Gasteiger partial charge in [-0.15, -0.1) is 0 Å². The number of nitrogens with one attached hydrogen (secondary N) is 1. The van der Waals surface area contributed by atoms with Crippen LogP contribution in [-0.2, 0) is 9.84 Å². The summed E-state index contributed by atoms with van der Waals surface area (Å²) in [4.78, 5) is 4.18. The number of aliphatic hydroxyl groups is 1. The first-order chi connectivity index (χ1) is 7.45. The third kappa shape index (κ3) is 3.46. The van der Waals surface area contributed by atoms with E-state index in [0.717, 1.165) is 6.26 Å². The average Bonchev–Trinajstić information content (AvgIpc) is 2.17. The van der Waals surface area contributed by atoms with Gasteiger partial charge in [0.05, 0.1) is 0 Å². The van der Waals surface area contributed by atoms with E-state index in [1.54, 1.807) is 6.07 Å². The number of aliphatic hydroxyl groups excluding tert-OH is 1. The van der Waals surface area contributed by atoms with Crippen LogP contribution in [0.25, 0.3) is 0 Å². The molecule has 0 aliphatic rings. The van der Waals surface area contributed by atoms with Gasteiger partial charge in [-0.3, -0.25) is 0 Å². The highest BCUT2D eigenvalue weighted by Crippen LogP contribution is 2.18. The van der Waals surface area contributed by atoms with Crippen LogP contribution in [0.3, 0.4) is 0 Å². The number of hydrogen-bond acceptors (Lipinski definition) is 5.